The Morgan fingerprint density at radius 3 is 2.52 bits per heavy atom. The molecule has 7 heteroatoms. The molecule has 1 heterocycles. The molecule has 0 aliphatic heterocycles. The van der Waals surface area contributed by atoms with E-state index >= 15 is 0 Å². The average Bonchev–Trinajstić information content (AvgIpc) is 3.31. The molecule has 0 bridgehead atoms. The van der Waals surface area contributed by atoms with E-state index in [1.807, 2.05) is 16.8 Å². The number of benzene rings is 2. The van der Waals surface area contributed by atoms with Gasteiger partial charge in [0, 0.05) is 16.8 Å². The molecule has 0 radical (unpaired) electrons. The zero-order chi connectivity index (χ0) is 23.2. The summed E-state index contributed by atoms with van der Waals surface area (Å²) in [6.45, 7) is 0. The van der Waals surface area contributed by atoms with Crippen LogP contribution in [0.25, 0.3) is 0 Å². The van der Waals surface area contributed by atoms with Gasteiger partial charge in [-0.25, -0.2) is 4.39 Å². The average molecular weight is 485 g/mol. The van der Waals surface area contributed by atoms with Crippen molar-refractivity contribution < 1.29 is 14.0 Å². The predicted octanol–water partition coefficient (Wildman–Crippen LogP) is 6.31. The fourth-order valence-corrected chi connectivity index (χ4v) is 5.16. The van der Waals surface area contributed by atoms with Crippen LogP contribution in [-0.2, 0) is 16.0 Å². The third-order valence-electron chi connectivity index (χ3n) is 5.93. The van der Waals surface area contributed by atoms with Gasteiger partial charge in [0.15, 0.2) is 0 Å². The summed E-state index contributed by atoms with van der Waals surface area (Å²) in [5.41, 5.74) is 1.95. The highest BCUT2D eigenvalue weighted by Gasteiger charge is 2.34. The highest BCUT2D eigenvalue weighted by Crippen LogP contribution is 2.31. The van der Waals surface area contributed by atoms with E-state index < -0.39 is 11.9 Å². The Bertz CT molecular complexity index is 1080. The van der Waals surface area contributed by atoms with E-state index in [9.17, 15) is 14.0 Å². The standard InChI is InChI=1S/C26H26ClFN2O2S/c27-20-5-4-8-23(16-20)30(24(31)15-18-13-14-33-17-18)25(19-9-11-21(28)12-10-19)26(32)29-22-6-2-1-3-7-22/h4-5,8-14,16-17,22,25H,1-3,6-7,15H2,(H,29,32)/t25-/m1/s1. The molecule has 1 aliphatic carbocycles. The fraction of sp³-hybridized carbons (Fsp3) is 0.308. The highest BCUT2D eigenvalue weighted by atomic mass is 35.5. The van der Waals surface area contributed by atoms with Crippen LogP contribution in [0, 0.1) is 5.82 Å². The second kappa shape index (κ2) is 10.9. The zero-order valence-electron chi connectivity index (χ0n) is 18.2. The van der Waals surface area contributed by atoms with Gasteiger partial charge in [-0.05, 0) is 71.1 Å². The lowest BCUT2D eigenvalue weighted by Gasteiger charge is -2.33. The van der Waals surface area contributed by atoms with E-state index in [4.69, 9.17) is 11.6 Å². The third kappa shape index (κ3) is 6.01. The molecule has 1 saturated carbocycles. The van der Waals surface area contributed by atoms with E-state index in [2.05, 4.69) is 5.32 Å². The van der Waals surface area contributed by atoms with Crippen molar-refractivity contribution in [2.24, 2.45) is 0 Å². The molecule has 0 spiro atoms. The lowest BCUT2D eigenvalue weighted by Crippen LogP contribution is -2.47. The number of nitrogens with one attached hydrogen (secondary N) is 1. The number of hydrogen-bond donors (Lipinski definition) is 1. The number of nitrogens with zero attached hydrogens (tertiary/aromatic N) is 1. The van der Waals surface area contributed by atoms with Crippen LogP contribution in [0.4, 0.5) is 10.1 Å². The quantitative estimate of drug-likeness (QED) is 0.427. The van der Waals surface area contributed by atoms with Gasteiger partial charge in [-0.2, -0.15) is 11.3 Å². The molecule has 0 unspecified atom stereocenters. The van der Waals surface area contributed by atoms with Gasteiger partial charge < -0.3 is 5.32 Å². The smallest absolute Gasteiger partial charge is 0.248 e. The molecular formula is C26H26ClFN2O2S. The van der Waals surface area contributed by atoms with Crippen molar-refractivity contribution in [2.45, 2.75) is 50.6 Å². The van der Waals surface area contributed by atoms with Gasteiger partial charge >= 0.3 is 0 Å². The summed E-state index contributed by atoms with van der Waals surface area (Å²) < 4.78 is 13.7. The summed E-state index contributed by atoms with van der Waals surface area (Å²) in [5, 5.41) is 7.45. The fourth-order valence-electron chi connectivity index (χ4n) is 4.31. The van der Waals surface area contributed by atoms with Gasteiger partial charge in [-0.15, -0.1) is 0 Å². The Labute approximate surface area is 202 Å². The monoisotopic (exact) mass is 484 g/mol. The van der Waals surface area contributed by atoms with Crippen LogP contribution in [0.5, 0.6) is 0 Å². The minimum Gasteiger partial charge on any atom is -0.351 e. The molecule has 2 aromatic carbocycles. The van der Waals surface area contributed by atoms with Gasteiger partial charge in [-0.3, -0.25) is 14.5 Å². The number of thiophene rings is 1. The SMILES string of the molecule is O=C(NC1CCCCC1)[C@@H](c1ccc(F)cc1)N(C(=O)Cc1ccsc1)c1cccc(Cl)c1. The molecule has 172 valence electrons. The molecule has 2 amide bonds. The Kier molecular flexibility index (Phi) is 7.78. The summed E-state index contributed by atoms with van der Waals surface area (Å²) in [6.07, 6.45) is 5.29. The number of carbonyl (C=O) groups is 2. The number of amides is 2. The first-order chi connectivity index (χ1) is 16.0. The lowest BCUT2D eigenvalue weighted by molar-refractivity contribution is -0.127. The first-order valence-electron chi connectivity index (χ1n) is 11.2. The van der Waals surface area contributed by atoms with Crippen molar-refractivity contribution >= 4 is 40.4 Å². The number of hydrogen-bond acceptors (Lipinski definition) is 3. The van der Waals surface area contributed by atoms with E-state index in [1.165, 1.54) is 34.8 Å². The van der Waals surface area contributed by atoms with Crippen molar-refractivity contribution in [2.75, 3.05) is 4.90 Å². The molecule has 4 nitrogen and oxygen atoms in total. The summed E-state index contributed by atoms with van der Waals surface area (Å²) >= 11 is 7.77. The normalized spacial score (nSPS) is 15.1. The molecule has 1 aromatic heterocycles. The van der Waals surface area contributed by atoms with Gasteiger partial charge in [0.25, 0.3) is 0 Å². The van der Waals surface area contributed by atoms with Gasteiger partial charge in [0.2, 0.25) is 11.8 Å². The molecule has 1 aliphatic rings. The van der Waals surface area contributed by atoms with E-state index in [1.54, 1.807) is 36.4 Å². The molecule has 3 aromatic rings. The van der Waals surface area contributed by atoms with Crippen molar-refractivity contribution in [3.05, 3.63) is 87.3 Å². The molecule has 1 fully saturated rings. The van der Waals surface area contributed by atoms with E-state index in [0.29, 0.717) is 16.3 Å². The maximum atomic E-state index is 13.7. The van der Waals surface area contributed by atoms with E-state index in [0.717, 1.165) is 31.2 Å². The summed E-state index contributed by atoms with van der Waals surface area (Å²) in [4.78, 5) is 28.8. The second-order valence-corrected chi connectivity index (χ2v) is 9.57. The van der Waals surface area contributed by atoms with Crippen LogP contribution in [-0.4, -0.2) is 17.9 Å². The van der Waals surface area contributed by atoms with Crippen LogP contribution in [0.15, 0.2) is 65.4 Å². The van der Waals surface area contributed by atoms with Crippen molar-refractivity contribution in [1.82, 2.24) is 5.32 Å². The number of rotatable bonds is 7. The minimum atomic E-state index is -0.947. The largest absolute Gasteiger partial charge is 0.351 e. The molecular weight excluding hydrogens is 459 g/mol. The van der Waals surface area contributed by atoms with Crippen LogP contribution >= 0.6 is 22.9 Å². The van der Waals surface area contributed by atoms with Gasteiger partial charge in [0.1, 0.15) is 11.9 Å². The van der Waals surface area contributed by atoms with Crippen molar-refractivity contribution in [3.63, 3.8) is 0 Å². The van der Waals surface area contributed by atoms with E-state index in [-0.39, 0.29) is 24.3 Å². The minimum absolute atomic E-state index is 0.0717. The number of anilines is 1. The topological polar surface area (TPSA) is 49.4 Å². The lowest BCUT2D eigenvalue weighted by atomic mass is 9.94. The maximum absolute atomic E-state index is 13.7. The van der Waals surface area contributed by atoms with Crippen LogP contribution in [0.3, 0.4) is 0 Å². The number of carbonyl (C=O) groups excluding carboxylic acids is 2. The first-order valence-corrected chi connectivity index (χ1v) is 12.5. The zero-order valence-corrected chi connectivity index (χ0v) is 19.7. The van der Waals surface area contributed by atoms with Crippen LogP contribution in [0.2, 0.25) is 5.02 Å². The summed E-state index contributed by atoms with van der Waals surface area (Å²) in [5.74, 6) is -0.903. The van der Waals surface area contributed by atoms with Crippen molar-refractivity contribution in [1.29, 1.82) is 0 Å². The summed E-state index contributed by atoms with van der Waals surface area (Å²) in [6, 6.07) is 13.7. The van der Waals surface area contributed by atoms with Crippen LogP contribution < -0.4 is 10.2 Å². The number of halogens is 2. The molecule has 0 saturated heterocycles. The third-order valence-corrected chi connectivity index (χ3v) is 6.90. The van der Waals surface area contributed by atoms with Gasteiger partial charge in [0.05, 0.1) is 6.42 Å². The van der Waals surface area contributed by atoms with Crippen molar-refractivity contribution in [3.8, 4) is 0 Å². The predicted molar refractivity (Wildman–Crippen MR) is 131 cm³/mol. The first kappa shape index (κ1) is 23.5. The second-order valence-electron chi connectivity index (χ2n) is 8.35. The molecule has 33 heavy (non-hydrogen) atoms. The molecule has 4 rings (SSSR count). The Morgan fingerprint density at radius 1 is 1.09 bits per heavy atom. The Hall–Kier alpha value is -2.70. The highest BCUT2D eigenvalue weighted by molar-refractivity contribution is 7.08. The molecule has 1 N–H and O–H groups in total. The molecule has 1 atom stereocenters. The summed E-state index contributed by atoms with van der Waals surface area (Å²) in [7, 11) is 0. The Morgan fingerprint density at radius 2 is 1.85 bits per heavy atom. The van der Waals surface area contributed by atoms with Gasteiger partial charge in [-0.1, -0.05) is 49.1 Å². The maximum Gasteiger partial charge on any atom is 0.248 e. The Balaban J connectivity index is 1.74. The van der Waals surface area contributed by atoms with Crippen LogP contribution in [0.1, 0.15) is 49.3 Å².